The lowest BCUT2D eigenvalue weighted by molar-refractivity contribution is 0.116. The Morgan fingerprint density at radius 1 is 1.35 bits per heavy atom. The Balaban J connectivity index is 1.81. The van der Waals surface area contributed by atoms with E-state index in [0.29, 0.717) is 24.6 Å². The summed E-state index contributed by atoms with van der Waals surface area (Å²) in [5.74, 6) is 1.36. The van der Waals surface area contributed by atoms with Crippen LogP contribution >= 0.6 is 0 Å². The minimum atomic E-state index is 0.102. The van der Waals surface area contributed by atoms with E-state index in [2.05, 4.69) is 34.5 Å². The molecule has 5 heteroatoms. The topological polar surface area (TPSA) is 60.2 Å². The molecule has 0 spiro atoms. The molecule has 0 aliphatic rings. The van der Waals surface area contributed by atoms with E-state index in [1.165, 1.54) is 5.56 Å². The molecular formula is C15H21N3O2. The van der Waals surface area contributed by atoms with E-state index >= 15 is 0 Å². The minimum Gasteiger partial charge on any atom is -0.384 e. The van der Waals surface area contributed by atoms with Crippen molar-refractivity contribution in [1.29, 1.82) is 0 Å². The molecule has 20 heavy (non-hydrogen) atoms. The third-order valence-electron chi connectivity index (χ3n) is 3.18. The van der Waals surface area contributed by atoms with Gasteiger partial charge in [-0.1, -0.05) is 23.4 Å². The maximum Gasteiger partial charge on any atom is 0.228 e. The van der Waals surface area contributed by atoms with Crippen molar-refractivity contribution in [3.8, 4) is 0 Å². The standard InChI is InChI=1S/C15H21N3O2/c1-11-6-4-5-7-13(11)16-9-8-15-17-14(18-20-15)10-12(2)19-3/h4-7,12,16H,8-10H2,1-3H3. The average molecular weight is 275 g/mol. The Morgan fingerprint density at radius 2 is 2.15 bits per heavy atom. The largest absolute Gasteiger partial charge is 0.384 e. The third-order valence-corrected chi connectivity index (χ3v) is 3.18. The van der Waals surface area contributed by atoms with Crippen LogP contribution in [0.4, 0.5) is 5.69 Å². The van der Waals surface area contributed by atoms with Crippen LogP contribution in [0.5, 0.6) is 0 Å². The van der Waals surface area contributed by atoms with Crippen LogP contribution in [0, 0.1) is 6.92 Å². The summed E-state index contributed by atoms with van der Waals surface area (Å²) in [6, 6.07) is 8.20. The highest BCUT2D eigenvalue weighted by Crippen LogP contribution is 2.13. The zero-order valence-electron chi connectivity index (χ0n) is 12.2. The Labute approximate surface area is 119 Å². The molecule has 0 aliphatic heterocycles. The lowest BCUT2D eigenvalue weighted by Gasteiger charge is -2.07. The Morgan fingerprint density at radius 3 is 2.90 bits per heavy atom. The molecule has 0 amide bonds. The molecule has 0 saturated carbocycles. The van der Waals surface area contributed by atoms with Gasteiger partial charge in [0.05, 0.1) is 6.10 Å². The van der Waals surface area contributed by atoms with Crippen LogP contribution in [-0.2, 0) is 17.6 Å². The Hall–Kier alpha value is -1.88. The maximum atomic E-state index is 5.22. The molecule has 1 aromatic heterocycles. The van der Waals surface area contributed by atoms with E-state index in [9.17, 15) is 0 Å². The molecule has 0 bridgehead atoms. The summed E-state index contributed by atoms with van der Waals surface area (Å²) >= 11 is 0. The molecular weight excluding hydrogens is 254 g/mol. The zero-order valence-corrected chi connectivity index (χ0v) is 12.2. The summed E-state index contributed by atoms with van der Waals surface area (Å²) < 4.78 is 10.4. The van der Waals surface area contributed by atoms with E-state index in [1.54, 1.807) is 7.11 Å². The summed E-state index contributed by atoms with van der Waals surface area (Å²) in [4.78, 5) is 4.35. The van der Waals surface area contributed by atoms with Crippen LogP contribution in [0.25, 0.3) is 0 Å². The lowest BCUT2D eigenvalue weighted by Crippen LogP contribution is -2.10. The molecule has 2 aromatic rings. The van der Waals surface area contributed by atoms with E-state index in [4.69, 9.17) is 9.26 Å². The van der Waals surface area contributed by atoms with Gasteiger partial charge in [-0.15, -0.1) is 0 Å². The predicted molar refractivity (Wildman–Crippen MR) is 77.8 cm³/mol. The van der Waals surface area contributed by atoms with Crippen LogP contribution in [0.1, 0.15) is 24.2 Å². The fourth-order valence-electron chi connectivity index (χ4n) is 1.89. The molecule has 1 unspecified atom stereocenters. The predicted octanol–water partition coefficient (Wildman–Crippen LogP) is 2.61. The Bertz CT molecular complexity index is 539. The number of anilines is 1. The number of hydrogen-bond acceptors (Lipinski definition) is 5. The number of methoxy groups -OCH3 is 1. The first-order valence-electron chi connectivity index (χ1n) is 6.83. The monoisotopic (exact) mass is 275 g/mol. The highest BCUT2D eigenvalue weighted by Gasteiger charge is 2.09. The molecule has 0 aliphatic carbocycles. The SMILES string of the molecule is COC(C)Cc1noc(CCNc2ccccc2C)n1. The third kappa shape index (κ3) is 4.06. The van der Waals surface area contributed by atoms with Crippen molar-refractivity contribution in [2.75, 3.05) is 19.0 Å². The number of ether oxygens (including phenoxy) is 1. The maximum absolute atomic E-state index is 5.22. The van der Waals surface area contributed by atoms with Gasteiger partial charge in [-0.05, 0) is 25.5 Å². The van der Waals surface area contributed by atoms with Crippen LogP contribution < -0.4 is 5.32 Å². The van der Waals surface area contributed by atoms with Gasteiger partial charge < -0.3 is 14.6 Å². The smallest absolute Gasteiger partial charge is 0.228 e. The highest BCUT2D eigenvalue weighted by molar-refractivity contribution is 5.50. The molecule has 0 saturated heterocycles. The van der Waals surface area contributed by atoms with Gasteiger partial charge in [0.25, 0.3) is 0 Å². The quantitative estimate of drug-likeness (QED) is 0.841. The van der Waals surface area contributed by atoms with Gasteiger partial charge in [-0.2, -0.15) is 4.98 Å². The number of aromatic nitrogens is 2. The molecule has 5 nitrogen and oxygen atoms in total. The van der Waals surface area contributed by atoms with E-state index < -0.39 is 0 Å². The van der Waals surface area contributed by atoms with E-state index in [0.717, 1.165) is 12.2 Å². The van der Waals surface area contributed by atoms with Gasteiger partial charge in [-0.25, -0.2) is 0 Å². The van der Waals surface area contributed by atoms with Crippen LogP contribution in [0.3, 0.4) is 0 Å². The number of nitrogens with one attached hydrogen (secondary N) is 1. The van der Waals surface area contributed by atoms with E-state index in [-0.39, 0.29) is 6.10 Å². The second-order valence-electron chi connectivity index (χ2n) is 4.85. The van der Waals surface area contributed by atoms with Crippen LogP contribution in [0.2, 0.25) is 0 Å². The molecule has 1 aromatic carbocycles. The van der Waals surface area contributed by atoms with Gasteiger partial charge in [0.15, 0.2) is 5.82 Å². The van der Waals surface area contributed by atoms with Crippen LogP contribution in [0.15, 0.2) is 28.8 Å². The van der Waals surface area contributed by atoms with Gasteiger partial charge in [0, 0.05) is 32.2 Å². The average Bonchev–Trinajstić information content (AvgIpc) is 2.88. The highest BCUT2D eigenvalue weighted by atomic mass is 16.5. The first kappa shape index (κ1) is 14.5. The second kappa shape index (κ2) is 7.05. The molecule has 0 radical (unpaired) electrons. The van der Waals surface area contributed by atoms with Crippen molar-refractivity contribution in [3.05, 3.63) is 41.5 Å². The number of para-hydroxylation sites is 1. The van der Waals surface area contributed by atoms with Crippen molar-refractivity contribution < 1.29 is 9.26 Å². The first-order chi connectivity index (χ1) is 9.69. The fourth-order valence-corrected chi connectivity index (χ4v) is 1.89. The van der Waals surface area contributed by atoms with Crippen molar-refractivity contribution in [2.24, 2.45) is 0 Å². The summed E-state index contributed by atoms with van der Waals surface area (Å²) in [6.45, 7) is 4.83. The van der Waals surface area contributed by atoms with Crippen molar-refractivity contribution in [2.45, 2.75) is 32.8 Å². The number of benzene rings is 1. The molecule has 1 heterocycles. The normalized spacial score (nSPS) is 12.3. The van der Waals surface area contributed by atoms with Crippen molar-refractivity contribution >= 4 is 5.69 Å². The van der Waals surface area contributed by atoms with Crippen molar-refractivity contribution in [1.82, 2.24) is 10.1 Å². The number of hydrogen-bond donors (Lipinski definition) is 1. The summed E-state index contributed by atoms with van der Waals surface area (Å²) in [5.41, 5.74) is 2.37. The van der Waals surface area contributed by atoms with Crippen molar-refractivity contribution in [3.63, 3.8) is 0 Å². The first-order valence-corrected chi connectivity index (χ1v) is 6.83. The Kier molecular flexibility index (Phi) is 5.12. The minimum absolute atomic E-state index is 0.102. The molecule has 1 N–H and O–H groups in total. The van der Waals surface area contributed by atoms with Gasteiger partial charge in [0.1, 0.15) is 0 Å². The number of nitrogens with zero attached hydrogens (tertiary/aromatic N) is 2. The number of aryl methyl sites for hydroxylation is 1. The van der Waals surface area contributed by atoms with E-state index in [1.807, 2.05) is 19.1 Å². The zero-order chi connectivity index (χ0) is 14.4. The summed E-state index contributed by atoms with van der Waals surface area (Å²) in [7, 11) is 1.68. The number of rotatable bonds is 7. The second-order valence-corrected chi connectivity index (χ2v) is 4.85. The molecule has 0 fully saturated rings. The van der Waals surface area contributed by atoms with Gasteiger partial charge in [-0.3, -0.25) is 0 Å². The molecule has 2 rings (SSSR count). The van der Waals surface area contributed by atoms with Gasteiger partial charge in [0.2, 0.25) is 5.89 Å². The van der Waals surface area contributed by atoms with Crippen LogP contribution in [-0.4, -0.2) is 29.9 Å². The fraction of sp³-hybridized carbons (Fsp3) is 0.467. The summed E-state index contributed by atoms with van der Waals surface area (Å²) in [5, 5.41) is 7.32. The molecule has 108 valence electrons. The summed E-state index contributed by atoms with van der Waals surface area (Å²) in [6.07, 6.45) is 1.49. The lowest BCUT2D eigenvalue weighted by atomic mass is 10.2. The van der Waals surface area contributed by atoms with Gasteiger partial charge >= 0.3 is 0 Å². The molecule has 1 atom stereocenters.